The van der Waals surface area contributed by atoms with Gasteiger partial charge in [-0.2, -0.15) is 5.10 Å². The SMILES string of the molecule is COc1ccc2c(c1)N(C)C1(CCN(c3ccc(-c4cn[nH]c4)cc3)C1=O)C2. The van der Waals surface area contributed by atoms with Crippen LogP contribution in [-0.4, -0.2) is 42.3 Å². The standard InChI is InChI=1S/C22H22N4O2/c1-25-20-11-19(28-2)8-5-16(20)12-22(25)9-10-26(21(22)27)18-6-3-15(4-7-18)17-13-23-24-14-17/h3-8,11,13-14H,9-10,12H2,1-2H3,(H,23,24). The Hall–Kier alpha value is -3.28. The molecule has 2 aliphatic heterocycles. The number of benzene rings is 2. The van der Waals surface area contributed by atoms with Crippen molar-refractivity contribution in [1.82, 2.24) is 10.2 Å². The molecule has 1 aromatic heterocycles. The molecule has 1 N–H and O–H groups in total. The Kier molecular flexibility index (Phi) is 3.69. The van der Waals surface area contributed by atoms with Crippen molar-refractivity contribution in [3.8, 4) is 16.9 Å². The van der Waals surface area contributed by atoms with Gasteiger partial charge in [-0.15, -0.1) is 0 Å². The van der Waals surface area contributed by atoms with E-state index < -0.39 is 5.54 Å². The van der Waals surface area contributed by atoms with E-state index in [-0.39, 0.29) is 5.91 Å². The number of hydrogen-bond acceptors (Lipinski definition) is 4. The van der Waals surface area contributed by atoms with Gasteiger partial charge in [0.1, 0.15) is 11.3 Å². The number of H-pyrrole nitrogens is 1. The summed E-state index contributed by atoms with van der Waals surface area (Å²) in [5.74, 6) is 0.987. The van der Waals surface area contributed by atoms with Crippen LogP contribution in [0.2, 0.25) is 0 Å². The number of methoxy groups -OCH3 is 1. The normalized spacial score (nSPS) is 20.9. The summed E-state index contributed by atoms with van der Waals surface area (Å²) in [6, 6.07) is 14.2. The Bertz CT molecular complexity index is 1030. The number of aromatic nitrogens is 2. The zero-order valence-electron chi connectivity index (χ0n) is 16.0. The maximum atomic E-state index is 13.5. The summed E-state index contributed by atoms with van der Waals surface area (Å²) < 4.78 is 5.37. The number of amides is 1. The van der Waals surface area contributed by atoms with Gasteiger partial charge in [0, 0.05) is 49.2 Å². The topological polar surface area (TPSA) is 61.5 Å². The Balaban J connectivity index is 1.43. The number of nitrogens with one attached hydrogen (secondary N) is 1. The highest BCUT2D eigenvalue weighted by Gasteiger charge is 2.54. The van der Waals surface area contributed by atoms with Gasteiger partial charge in [-0.05, 0) is 35.7 Å². The third kappa shape index (κ3) is 2.34. The van der Waals surface area contributed by atoms with E-state index in [2.05, 4.69) is 21.2 Å². The molecule has 1 spiro atoms. The van der Waals surface area contributed by atoms with Crippen LogP contribution >= 0.6 is 0 Å². The first kappa shape index (κ1) is 16.9. The molecule has 3 heterocycles. The molecule has 0 bridgehead atoms. The number of carbonyl (C=O) groups excluding carboxylic acids is 1. The molecule has 1 fully saturated rings. The second kappa shape index (κ2) is 6.12. The van der Waals surface area contributed by atoms with E-state index >= 15 is 0 Å². The third-order valence-electron chi connectivity index (χ3n) is 6.18. The second-order valence-corrected chi connectivity index (χ2v) is 7.50. The first-order valence-electron chi connectivity index (χ1n) is 9.44. The molecule has 1 saturated heterocycles. The van der Waals surface area contributed by atoms with Crippen molar-refractivity contribution in [2.75, 3.05) is 30.5 Å². The van der Waals surface area contributed by atoms with Crippen LogP contribution in [0.15, 0.2) is 54.9 Å². The predicted octanol–water partition coefficient (Wildman–Crippen LogP) is 3.25. The number of hydrogen-bond donors (Lipinski definition) is 1. The molecular formula is C22H22N4O2. The predicted molar refractivity (Wildman–Crippen MR) is 109 cm³/mol. The quantitative estimate of drug-likeness (QED) is 0.764. The van der Waals surface area contributed by atoms with Crippen molar-refractivity contribution in [2.45, 2.75) is 18.4 Å². The summed E-state index contributed by atoms with van der Waals surface area (Å²) >= 11 is 0. The molecule has 3 aromatic rings. The molecule has 0 aliphatic carbocycles. The van der Waals surface area contributed by atoms with E-state index in [9.17, 15) is 4.79 Å². The first-order valence-corrected chi connectivity index (χ1v) is 9.44. The van der Waals surface area contributed by atoms with Crippen LogP contribution in [0.5, 0.6) is 5.75 Å². The highest BCUT2D eigenvalue weighted by atomic mass is 16.5. The zero-order valence-corrected chi connectivity index (χ0v) is 16.0. The molecule has 1 amide bonds. The van der Waals surface area contributed by atoms with Gasteiger partial charge in [0.2, 0.25) is 0 Å². The number of ether oxygens (including phenoxy) is 1. The Morgan fingerprint density at radius 2 is 1.96 bits per heavy atom. The summed E-state index contributed by atoms with van der Waals surface area (Å²) in [4.78, 5) is 17.6. The highest BCUT2D eigenvalue weighted by Crippen LogP contribution is 2.45. The molecule has 2 aromatic carbocycles. The summed E-state index contributed by atoms with van der Waals surface area (Å²) in [6.45, 7) is 0.722. The molecule has 142 valence electrons. The summed E-state index contributed by atoms with van der Waals surface area (Å²) in [6.07, 6.45) is 5.21. The number of carbonyl (C=O) groups is 1. The van der Waals surface area contributed by atoms with Crippen LogP contribution in [0.4, 0.5) is 11.4 Å². The maximum Gasteiger partial charge on any atom is 0.253 e. The van der Waals surface area contributed by atoms with Crippen molar-refractivity contribution in [3.63, 3.8) is 0 Å². The van der Waals surface area contributed by atoms with E-state index in [0.29, 0.717) is 0 Å². The van der Waals surface area contributed by atoms with Crippen LogP contribution in [0.3, 0.4) is 0 Å². The Labute approximate surface area is 163 Å². The minimum absolute atomic E-state index is 0.168. The van der Waals surface area contributed by atoms with Gasteiger partial charge in [0.15, 0.2) is 0 Å². The minimum atomic E-state index is -0.502. The lowest BCUT2D eigenvalue weighted by Crippen LogP contribution is -2.51. The van der Waals surface area contributed by atoms with E-state index in [1.54, 1.807) is 13.3 Å². The fourth-order valence-corrected chi connectivity index (χ4v) is 4.52. The van der Waals surface area contributed by atoms with Crippen molar-refractivity contribution in [3.05, 3.63) is 60.4 Å². The lowest BCUT2D eigenvalue weighted by atomic mass is 9.92. The molecule has 6 heteroatoms. The molecule has 1 atom stereocenters. The van der Waals surface area contributed by atoms with Crippen molar-refractivity contribution >= 4 is 17.3 Å². The first-order chi connectivity index (χ1) is 13.6. The molecular weight excluding hydrogens is 352 g/mol. The maximum absolute atomic E-state index is 13.5. The third-order valence-corrected chi connectivity index (χ3v) is 6.18. The van der Waals surface area contributed by atoms with Crippen molar-refractivity contribution in [2.24, 2.45) is 0 Å². The number of likely N-dealkylation sites (N-methyl/N-ethyl adjacent to an activating group) is 1. The summed E-state index contributed by atoms with van der Waals surface area (Å²) in [5.41, 5.74) is 4.85. The molecule has 28 heavy (non-hydrogen) atoms. The second-order valence-electron chi connectivity index (χ2n) is 7.50. The lowest BCUT2D eigenvalue weighted by molar-refractivity contribution is -0.121. The molecule has 5 rings (SSSR count). The number of anilines is 2. The van der Waals surface area contributed by atoms with Gasteiger partial charge in [-0.25, -0.2) is 0 Å². The molecule has 0 saturated carbocycles. The monoisotopic (exact) mass is 374 g/mol. The summed E-state index contributed by atoms with van der Waals surface area (Å²) in [5, 5.41) is 6.83. The molecule has 6 nitrogen and oxygen atoms in total. The van der Waals surface area contributed by atoms with Crippen molar-refractivity contribution in [1.29, 1.82) is 0 Å². The molecule has 0 radical (unpaired) electrons. The number of fused-ring (bicyclic) bond motifs is 1. The van der Waals surface area contributed by atoms with Crippen LogP contribution in [0.25, 0.3) is 11.1 Å². The van der Waals surface area contributed by atoms with Crippen LogP contribution in [0.1, 0.15) is 12.0 Å². The van der Waals surface area contributed by atoms with E-state index in [1.165, 1.54) is 5.56 Å². The van der Waals surface area contributed by atoms with Gasteiger partial charge >= 0.3 is 0 Å². The van der Waals surface area contributed by atoms with Gasteiger partial charge in [0.25, 0.3) is 5.91 Å². The van der Waals surface area contributed by atoms with Gasteiger partial charge in [-0.3, -0.25) is 9.89 Å². The fraction of sp³-hybridized carbons (Fsp3) is 0.273. The number of aromatic amines is 1. The highest BCUT2D eigenvalue weighted by molar-refractivity contribution is 6.06. The largest absolute Gasteiger partial charge is 0.497 e. The molecule has 1 unspecified atom stereocenters. The zero-order chi connectivity index (χ0) is 19.3. The number of nitrogens with zero attached hydrogens (tertiary/aromatic N) is 3. The Morgan fingerprint density at radius 3 is 2.68 bits per heavy atom. The minimum Gasteiger partial charge on any atom is -0.497 e. The van der Waals surface area contributed by atoms with E-state index in [4.69, 9.17) is 4.74 Å². The van der Waals surface area contributed by atoms with E-state index in [1.807, 2.05) is 54.5 Å². The van der Waals surface area contributed by atoms with Gasteiger partial charge in [0.05, 0.1) is 13.3 Å². The van der Waals surface area contributed by atoms with E-state index in [0.717, 1.165) is 47.6 Å². The van der Waals surface area contributed by atoms with Crippen LogP contribution in [-0.2, 0) is 11.2 Å². The lowest BCUT2D eigenvalue weighted by Gasteiger charge is -2.32. The van der Waals surface area contributed by atoms with Crippen LogP contribution in [0, 0.1) is 0 Å². The average molecular weight is 374 g/mol. The van der Waals surface area contributed by atoms with Gasteiger partial charge < -0.3 is 14.5 Å². The molecule has 2 aliphatic rings. The smallest absolute Gasteiger partial charge is 0.253 e. The van der Waals surface area contributed by atoms with Crippen LogP contribution < -0.4 is 14.5 Å². The summed E-state index contributed by atoms with van der Waals surface area (Å²) in [7, 11) is 3.69. The van der Waals surface area contributed by atoms with Crippen molar-refractivity contribution < 1.29 is 9.53 Å². The number of rotatable bonds is 3. The van der Waals surface area contributed by atoms with Gasteiger partial charge in [-0.1, -0.05) is 18.2 Å². The fourth-order valence-electron chi connectivity index (χ4n) is 4.52. The Morgan fingerprint density at radius 1 is 1.14 bits per heavy atom. The average Bonchev–Trinajstić information content (AvgIpc) is 3.43.